The van der Waals surface area contributed by atoms with E-state index in [1.807, 2.05) is 74.5 Å². The predicted octanol–water partition coefficient (Wildman–Crippen LogP) is 7.29. The third-order valence-electron chi connectivity index (χ3n) is 9.82. The summed E-state index contributed by atoms with van der Waals surface area (Å²) < 4.78 is 14.3. The Kier molecular flexibility index (Phi) is 13.1. The van der Waals surface area contributed by atoms with Crippen LogP contribution < -0.4 is 4.90 Å². The second kappa shape index (κ2) is 18.5. The first-order valence-electron chi connectivity index (χ1n) is 18.6. The minimum absolute atomic E-state index is 0.0478. The normalized spacial score (nSPS) is 15.4. The number of rotatable bonds is 7. The van der Waals surface area contributed by atoms with Crippen molar-refractivity contribution in [1.29, 1.82) is 5.26 Å². The van der Waals surface area contributed by atoms with Crippen LogP contribution in [0.4, 0.5) is 15.8 Å². The molecule has 284 valence electrons. The quantitative estimate of drug-likeness (QED) is 0.103. The molecule has 55 heavy (non-hydrogen) atoms. The molecule has 0 saturated heterocycles. The van der Waals surface area contributed by atoms with Gasteiger partial charge in [0.05, 0.1) is 40.3 Å². The van der Waals surface area contributed by atoms with E-state index in [-0.39, 0.29) is 28.7 Å². The fourth-order valence-electron chi connectivity index (χ4n) is 7.18. The highest BCUT2D eigenvalue weighted by atomic mass is 19.1. The molecular weight excluding hydrogens is 696 g/mol. The van der Waals surface area contributed by atoms with E-state index >= 15 is 0 Å². The maximum atomic E-state index is 14.3. The molecule has 4 bridgehead atoms. The molecule has 1 aliphatic rings. The minimum atomic E-state index is -0.371. The van der Waals surface area contributed by atoms with Crippen LogP contribution in [0, 0.1) is 41.1 Å². The number of halogens is 1. The molecule has 0 unspecified atom stereocenters. The van der Waals surface area contributed by atoms with Gasteiger partial charge >= 0.3 is 0 Å². The number of hydrogen-bond acceptors (Lipinski definition) is 10. The van der Waals surface area contributed by atoms with Crippen molar-refractivity contribution in [3.8, 4) is 11.8 Å². The molecule has 0 aliphatic carbocycles. The van der Waals surface area contributed by atoms with Crippen LogP contribution in [0.5, 0.6) is 5.75 Å². The highest BCUT2D eigenvalue weighted by Crippen LogP contribution is 2.28. The summed E-state index contributed by atoms with van der Waals surface area (Å²) in [5.74, 6) is -0.00513. The van der Waals surface area contributed by atoms with Gasteiger partial charge in [-0.25, -0.2) is 4.39 Å². The molecule has 0 spiro atoms. The van der Waals surface area contributed by atoms with Gasteiger partial charge in [0.25, 0.3) is 5.69 Å². The van der Waals surface area contributed by atoms with Crippen molar-refractivity contribution < 1.29 is 14.4 Å². The molecule has 1 aliphatic heterocycles. The number of fused-ring (bicyclic) bond motifs is 4. The number of nitrogens with zero attached hydrogens (tertiary/aromatic N) is 8. The maximum Gasteiger partial charge on any atom is 0.269 e. The lowest BCUT2D eigenvalue weighted by Gasteiger charge is -2.31. The van der Waals surface area contributed by atoms with E-state index in [2.05, 4.69) is 25.7 Å². The van der Waals surface area contributed by atoms with Gasteiger partial charge in [-0.15, -0.1) is 0 Å². The molecule has 5 aromatic rings. The molecule has 0 saturated carbocycles. The van der Waals surface area contributed by atoms with Crippen LogP contribution >= 0.6 is 0 Å². The molecule has 12 heteroatoms. The number of aryl methyl sites for hydroxylation is 2. The second-order valence-electron chi connectivity index (χ2n) is 14.3. The van der Waals surface area contributed by atoms with Crippen LogP contribution in [0.2, 0.25) is 0 Å². The summed E-state index contributed by atoms with van der Waals surface area (Å²) in [6.07, 6.45) is 0.774. The van der Waals surface area contributed by atoms with Crippen molar-refractivity contribution in [2.75, 3.05) is 37.6 Å². The highest BCUT2D eigenvalue weighted by Gasteiger charge is 2.18. The van der Waals surface area contributed by atoms with E-state index in [0.29, 0.717) is 65.4 Å². The lowest BCUT2D eigenvalue weighted by atomic mass is 10.1. The van der Waals surface area contributed by atoms with E-state index in [1.54, 1.807) is 24.3 Å². The number of nitro benzene ring substituents is 1. The third kappa shape index (κ3) is 11.1. The second-order valence-corrected chi connectivity index (χ2v) is 14.3. The number of non-ortho nitro benzene ring substituents is 1. The average molecular weight is 743 g/mol. The molecule has 3 heterocycles. The average Bonchev–Trinajstić information content (AvgIpc) is 3.15. The molecule has 0 fully saturated rings. The number of aromatic nitrogens is 2. The summed E-state index contributed by atoms with van der Waals surface area (Å²) in [4.78, 5) is 30.3. The molecule has 11 nitrogen and oxygen atoms in total. The number of phenols is 1. The van der Waals surface area contributed by atoms with Crippen LogP contribution in [0.3, 0.4) is 0 Å². The number of phenolic OH excluding ortho intramolecular Hbond substituents is 1. The Morgan fingerprint density at radius 3 is 1.87 bits per heavy atom. The summed E-state index contributed by atoms with van der Waals surface area (Å²) in [6, 6.07) is 31.7. The minimum Gasteiger partial charge on any atom is -0.507 e. The monoisotopic (exact) mass is 742 g/mol. The van der Waals surface area contributed by atoms with Gasteiger partial charge in [0.1, 0.15) is 11.6 Å². The van der Waals surface area contributed by atoms with E-state index in [4.69, 9.17) is 9.97 Å². The maximum absolute atomic E-state index is 14.3. The van der Waals surface area contributed by atoms with Gasteiger partial charge in [0.15, 0.2) is 0 Å². The fourth-order valence-corrected chi connectivity index (χ4v) is 7.18. The Morgan fingerprint density at radius 1 is 0.727 bits per heavy atom. The number of benzene rings is 3. The molecule has 0 amide bonds. The van der Waals surface area contributed by atoms with Crippen LogP contribution in [-0.4, -0.2) is 67.4 Å². The standard InChI is InChI=1S/C43H47FN8O3/c1-32-22-42(23-33(2)43(32)53)51-18-7-17-48(19-16-45)28-37-11-5-13-39(46-37)30-50(27-34-8-3-10-36(44)24-34)31-40-14-6-12-38(47-40)29-49(20-21-51)26-35-9-4-15-41(25-35)52(54)55/h3-6,8-15,22-25,53H,7,17-21,26-31H2,1-2H3. The summed E-state index contributed by atoms with van der Waals surface area (Å²) in [5.41, 5.74) is 7.76. The van der Waals surface area contributed by atoms with Crippen molar-refractivity contribution in [3.05, 3.63) is 158 Å². The summed E-state index contributed by atoms with van der Waals surface area (Å²) in [5, 5.41) is 32.0. The molecule has 0 radical (unpaired) electrons. The number of nitriles is 1. The Morgan fingerprint density at radius 2 is 1.27 bits per heavy atom. The molecule has 2 aromatic heterocycles. The van der Waals surface area contributed by atoms with E-state index in [0.717, 1.165) is 57.1 Å². The summed E-state index contributed by atoms with van der Waals surface area (Å²) in [7, 11) is 0. The van der Waals surface area contributed by atoms with Crippen molar-refractivity contribution in [3.63, 3.8) is 0 Å². The Hall–Kier alpha value is -5.74. The molecule has 1 N–H and O–H groups in total. The van der Waals surface area contributed by atoms with Gasteiger partial charge in [0.2, 0.25) is 0 Å². The van der Waals surface area contributed by atoms with Gasteiger partial charge in [-0.2, -0.15) is 5.26 Å². The Labute approximate surface area is 322 Å². The highest BCUT2D eigenvalue weighted by molar-refractivity contribution is 5.56. The number of anilines is 1. The smallest absolute Gasteiger partial charge is 0.269 e. The Bertz CT molecular complexity index is 2120. The van der Waals surface area contributed by atoms with Crippen molar-refractivity contribution in [2.24, 2.45) is 0 Å². The van der Waals surface area contributed by atoms with Crippen molar-refractivity contribution in [1.82, 2.24) is 24.7 Å². The largest absolute Gasteiger partial charge is 0.507 e. The van der Waals surface area contributed by atoms with Gasteiger partial charge in [-0.05, 0) is 91.1 Å². The zero-order valence-corrected chi connectivity index (χ0v) is 31.4. The fraction of sp³-hybridized carbons (Fsp3) is 0.326. The van der Waals surface area contributed by atoms with Gasteiger partial charge in [-0.3, -0.25) is 34.8 Å². The first-order chi connectivity index (χ1) is 26.6. The van der Waals surface area contributed by atoms with E-state index < -0.39 is 0 Å². The molecule has 6 rings (SSSR count). The van der Waals surface area contributed by atoms with Gasteiger partial charge in [-0.1, -0.05) is 36.4 Å². The third-order valence-corrected chi connectivity index (χ3v) is 9.82. The number of aromatic hydroxyl groups is 1. The predicted molar refractivity (Wildman–Crippen MR) is 210 cm³/mol. The van der Waals surface area contributed by atoms with Crippen LogP contribution in [0.1, 0.15) is 51.5 Å². The molecular formula is C43H47FN8O3. The SMILES string of the molecule is Cc1cc(N2CCCN(CC#N)Cc3cccc(n3)CN(Cc3cccc(F)c3)Cc3cccc(n3)CN(Cc3cccc([N+](=O)[O-])c3)CC2)cc(C)c1O. The van der Waals surface area contributed by atoms with E-state index in [9.17, 15) is 24.9 Å². The summed E-state index contributed by atoms with van der Waals surface area (Å²) >= 11 is 0. The van der Waals surface area contributed by atoms with Crippen LogP contribution in [0.25, 0.3) is 0 Å². The molecule has 0 atom stereocenters. The number of pyridine rings is 2. The lowest BCUT2D eigenvalue weighted by molar-refractivity contribution is -0.384. The lowest BCUT2D eigenvalue weighted by Crippen LogP contribution is -2.37. The molecule has 3 aromatic carbocycles. The van der Waals surface area contributed by atoms with Gasteiger partial charge in [0, 0.05) is 83.3 Å². The first kappa shape index (κ1) is 39.0. The zero-order chi connectivity index (χ0) is 38.7. The number of hydrogen-bond donors (Lipinski definition) is 1. The first-order valence-corrected chi connectivity index (χ1v) is 18.6. The topological polar surface area (TPSA) is 126 Å². The van der Waals surface area contributed by atoms with Crippen molar-refractivity contribution in [2.45, 2.75) is 59.5 Å². The summed E-state index contributed by atoms with van der Waals surface area (Å²) in [6.45, 7) is 9.67. The van der Waals surface area contributed by atoms with E-state index in [1.165, 1.54) is 12.1 Å². The zero-order valence-electron chi connectivity index (χ0n) is 31.4. The van der Waals surface area contributed by atoms with Crippen LogP contribution in [0.15, 0.2) is 97.1 Å². The van der Waals surface area contributed by atoms with Crippen LogP contribution in [-0.2, 0) is 39.3 Å². The Balaban J connectivity index is 1.36. The van der Waals surface area contributed by atoms with Gasteiger partial charge < -0.3 is 10.0 Å². The van der Waals surface area contributed by atoms with Crippen molar-refractivity contribution >= 4 is 11.4 Å². The number of nitro groups is 1.